The van der Waals surface area contributed by atoms with E-state index in [4.69, 9.17) is 9.47 Å². The summed E-state index contributed by atoms with van der Waals surface area (Å²) in [6.07, 6.45) is 4.90. The maximum Gasteiger partial charge on any atom is 0.261 e. The summed E-state index contributed by atoms with van der Waals surface area (Å²) in [7, 11) is -2.33. The highest BCUT2D eigenvalue weighted by Gasteiger charge is 2.32. The summed E-state index contributed by atoms with van der Waals surface area (Å²) < 4.78 is 40.0. The van der Waals surface area contributed by atoms with E-state index in [1.54, 1.807) is 36.3 Å². The van der Waals surface area contributed by atoms with E-state index in [9.17, 15) is 18.1 Å². The van der Waals surface area contributed by atoms with Gasteiger partial charge in [0.25, 0.3) is 10.0 Å². The van der Waals surface area contributed by atoms with Gasteiger partial charge in [0.2, 0.25) is 5.91 Å². The van der Waals surface area contributed by atoms with Crippen molar-refractivity contribution in [1.82, 2.24) is 0 Å². The lowest BCUT2D eigenvalue weighted by Gasteiger charge is -2.20. The van der Waals surface area contributed by atoms with Gasteiger partial charge in [0.15, 0.2) is 11.5 Å². The molecule has 2 fully saturated rings. The quantitative estimate of drug-likeness (QED) is 0.350. The van der Waals surface area contributed by atoms with Crippen LogP contribution >= 0.6 is 0 Å². The van der Waals surface area contributed by atoms with Crippen molar-refractivity contribution in [2.75, 3.05) is 23.3 Å². The molecular formula is C28H29N3O6S. The van der Waals surface area contributed by atoms with Crippen LogP contribution in [0.3, 0.4) is 0 Å². The molecule has 1 aliphatic heterocycles. The Morgan fingerprint density at radius 3 is 2.53 bits per heavy atom. The number of anilines is 2. The van der Waals surface area contributed by atoms with Crippen LogP contribution < -0.4 is 19.1 Å². The minimum Gasteiger partial charge on any atom is -0.493 e. The largest absolute Gasteiger partial charge is 0.493 e. The smallest absolute Gasteiger partial charge is 0.261 e. The molecule has 9 nitrogen and oxygen atoms in total. The fourth-order valence-corrected chi connectivity index (χ4v) is 6.15. The standard InChI is InChI=1S/C28H29N3O6S/c1-36-26-13-12-19(14-27(26)37-24-9-2-3-10-24)20-15-28(32)31(18-20)23-8-4-7-22(16-23)30-38(34,35)25-11-5-6-21(17-25)29-33/h4-8,11-14,16-17,20,24,30H,2-3,9-10,15,18H2,1H3. The third-order valence-corrected chi connectivity index (χ3v) is 8.40. The van der Waals surface area contributed by atoms with Crippen LogP contribution in [0.1, 0.15) is 43.6 Å². The van der Waals surface area contributed by atoms with Crippen molar-refractivity contribution < 1.29 is 22.7 Å². The molecule has 5 rings (SSSR count). The molecule has 3 aromatic carbocycles. The Hall–Kier alpha value is -3.92. The first-order valence-corrected chi connectivity index (χ1v) is 14.1. The Kier molecular flexibility index (Phi) is 7.33. The molecule has 1 saturated heterocycles. The minimum atomic E-state index is -3.95. The Labute approximate surface area is 221 Å². The predicted molar refractivity (Wildman–Crippen MR) is 145 cm³/mol. The van der Waals surface area contributed by atoms with Gasteiger partial charge in [-0.25, -0.2) is 8.42 Å². The number of sulfonamides is 1. The maximum atomic E-state index is 13.0. The van der Waals surface area contributed by atoms with Crippen molar-refractivity contribution in [3.63, 3.8) is 0 Å². The van der Waals surface area contributed by atoms with Crippen molar-refractivity contribution >= 4 is 33.0 Å². The second-order valence-electron chi connectivity index (χ2n) is 9.58. The monoisotopic (exact) mass is 535 g/mol. The van der Waals surface area contributed by atoms with Crippen LogP contribution in [0, 0.1) is 4.91 Å². The predicted octanol–water partition coefficient (Wildman–Crippen LogP) is 5.74. The van der Waals surface area contributed by atoms with Gasteiger partial charge in [-0.15, -0.1) is 4.91 Å². The van der Waals surface area contributed by atoms with Gasteiger partial charge < -0.3 is 14.4 Å². The number of amides is 1. The zero-order chi connectivity index (χ0) is 26.7. The van der Waals surface area contributed by atoms with Crippen molar-refractivity contribution in [1.29, 1.82) is 0 Å². The van der Waals surface area contributed by atoms with E-state index in [-0.39, 0.29) is 28.5 Å². The Morgan fingerprint density at radius 1 is 0.974 bits per heavy atom. The van der Waals surface area contributed by atoms with Gasteiger partial charge in [-0.1, -0.05) is 18.2 Å². The van der Waals surface area contributed by atoms with Crippen LogP contribution in [0.15, 0.2) is 76.8 Å². The summed E-state index contributed by atoms with van der Waals surface area (Å²) in [5.41, 5.74) is 1.91. The Morgan fingerprint density at radius 2 is 1.76 bits per heavy atom. The molecule has 0 bridgehead atoms. The number of benzene rings is 3. The number of carbonyl (C=O) groups excluding carboxylic acids is 1. The highest BCUT2D eigenvalue weighted by atomic mass is 32.2. The summed E-state index contributed by atoms with van der Waals surface area (Å²) in [6, 6.07) is 18.0. The molecule has 0 aromatic heterocycles. The van der Waals surface area contributed by atoms with E-state index < -0.39 is 10.0 Å². The summed E-state index contributed by atoms with van der Waals surface area (Å²) in [4.78, 5) is 25.4. The van der Waals surface area contributed by atoms with Gasteiger partial charge in [0.05, 0.1) is 23.8 Å². The fraction of sp³-hybridized carbons (Fsp3) is 0.321. The summed E-state index contributed by atoms with van der Waals surface area (Å²) in [5.74, 6) is 1.29. The highest BCUT2D eigenvalue weighted by Crippen LogP contribution is 2.38. The Balaban J connectivity index is 1.33. The number of nitroso groups, excluding NO2 is 1. The molecular weight excluding hydrogens is 506 g/mol. The van der Waals surface area contributed by atoms with E-state index in [1.807, 2.05) is 18.2 Å². The zero-order valence-corrected chi connectivity index (χ0v) is 21.8. The number of nitrogens with one attached hydrogen (secondary N) is 1. The average Bonchev–Trinajstić information content (AvgIpc) is 3.58. The molecule has 1 amide bonds. The number of nitrogens with zero attached hydrogens (tertiary/aromatic N) is 2. The van der Waals surface area contributed by atoms with Crippen molar-refractivity contribution in [2.24, 2.45) is 5.18 Å². The molecule has 1 N–H and O–H groups in total. The van der Waals surface area contributed by atoms with Gasteiger partial charge >= 0.3 is 0 Å². The summed E-state index contributed by atoms with van der Waals surface area (Å²) in [6.45, 7) is 0.456. The SMILES string of the molecule is COc1ccc(C2CC(=O)N(c3cccc(NS(=O)(=O)c4cccc(N=O)c4)c3)C2)cc1OC1CCCC1. The number of methoxy groups -OCH3 is 1. The Bertz CT molecular complexity index is 1450. The molecule has 10 heteroatoms. The molecule has 3 aromatic rings. The topological polar surface area (TPSA) is 114 Å². The van der Waals surface area contributed by atoms with Crippen LogP contribution in [-0.2, 0) is 14.8 Å². The van der Waals surface area contributed by atoms with Gasteiger partial charge in [-0.05, 0) is 85.0 Å². The van der Waals surface area contributed by atoms with Gasteiger partial charge in [0.1, 0.15) is 5.69 Å². The van der Waals surface area contributed by atoms with E-state index in [1.165, 1.54) is 24.3 Å². The first-order valence-electron chi connectivity index (χ1n) is 12.6. The summed E-state index contributed by atoms with van der Waals surface area (Å²) >= 11 is 0. The minimum absolute atomic E-state index is 0.0191. The lowest BCUT2D eigenvalue weighted by Crippen LogP contribution is -2.24. The first kappa shape index (κ1) is 25.7. The molecule has 0 radical (unpaired) electrons. The van der Waals surface area contributed by atoms with Crippen LogP contribution in [0.5, 0.6) is 11.5 Å². The van der Waals surface area contributed by atoms with Crippen LogP contribution in [0.4, 0.5) is 17.1 Å². The van der Waals surface area contributed by atoms with Gasteiger partial charge in [-0.2, -0.15) is 0 Å². The van der Waals surface area contributed by atoms with E-state index >= 15 is 0 Å². The number of hydrogen-bond donors (Lipinski definition) is 1. The molecule has 0 spiro atoms. The zero-order valence-electron chi connectivity index (χ0n) is 21.0. The second-order valence-corrected chi connectivity index (χ2v) is 11.3. The number of carbonyl (C=O) groups is 1. The highest BCUT2D eigenvalue weighted by molar-refractivity contribution is 7.92. The fourth-order valence-electron chi connectivity index (χ4n) is 5.06. The molecule has 1 heterocycles. The lowest BCUT2D eigenvalue weighted by molar-refractivity contribution is -0.117. The van der Waals surface area contributed by atoms with E-state index in [2.05, 4.69) is 9.90 Å². The average molecular weight is 536 g/mol. The molecule has 1 aliphatic carbocycles. The van der Waals surface area contributed by atoms with Gasteiger partial charge in [0, 0.05) is 24.6 Å². The first-order chi connectivity index (χ1) is 18.4. The summed E-state index contributed by atoms with van der Waals surface area (Å²) in [5, 5.41) is 2.80. The van der Waals surface area contributed by atoms with Gasteiger partial charge in [-0.3, -0.25) is 9.52 Å². The van der Waals surface area contributed by atoms with Crippen molar-refractivity contribution in [2.45, 2.75) is 49.0 Å². The molecule has 1 saturated carbocycles. The number of ether oxygens (including phenoxy) is 2. The molecule has 38 heavy (non-hydrogen) atoms. The third kappa shape index (κ3) is 5.50. The maximum absolute atomic E-state index is 13.0. The second kappa shape index (κ2) is 10.8. The lowest BCUT2D eigenvalue weighted by atomic mass is 9.98. The molecule has 1 atom stereocenters. The van der Waals surface area contributed by atoms with E-state index in [0.717, 1.165) is 31.2 Å². The normalized spacial score (nSPS) is 18.0. The van der Waals surface area contributed by atoms with Crippen LogP contribution in [0.2, 0.25) is 0 Å². The van der Waals surface area contributed by atoms with Crippen LogP contribution in [0.25, 0.3) is 0 Å². The third-order valence-electron chi connectivity index (χ3n) is 7.02. The molecule has 2 aliphatic rings. The molecule has 1 unspecified atom stereocenters. The van der Waals surface area contributed by atoms with Crippen molar-refractivity contribution in [3.8, 4) is 11.5 Å². The number of hydrogen-bond acceptors (Lipinski definition) is 7. The molecule has 198 valence electrons. The van der Waals surface area contributed by atoms with Crippen LogP contribution in [-0.4, -0.2) is 34.1 Å². The van der Waals surface area contributed by atoms with E-state index in [0.29, 0.717) is 35.8 Å². The van der Waals surface area contributed by atoms with Crippen molar-refractivity contribution in [3.05, 3.63) is 77.2 Å². The number of rotatable bonds is 9.